The molecule has 2 heterocycles. The highest BCUT2D eigenvalue weighted by atomic mass is 16.5. The number of hydrogen-bond acceptors (Lipinski definition) is 6. The highest BCUT2D eigenvalue weighted by molar-refractivity contribution is 5.37. The summed E-state index contributed by atoms with van der Waals surface area (Å²) < 4.78 is 5.32. The van der Waals surface area contributed by atoms with Crippen LogP contribution in [-0.2, 0) is 12.0 Å². The van der Waals surface area contributed by atoms with Gasteiger partial charge in [0.05, 0.1) is 23.6 Å². The van der Waals surface area contributed by atoms with Crippen LogP contribution in [0.25, 0.3) is 0 Å². The molecule has 0 bridgehead atoms. The zero-order chi connectivity index (χ0) is 17.3. The first-order valence-electron chi connectivity index (χ1n) is 8.12. The van der Waals surface area contributed by atoms with E-state index in [9.17, 15) is 10.4 Å². The Balaban J connectivity index is 1.89. The molecule has 0 radical (unpaired) electrons. The normalized spacial score (nSPS) is 21.8. The molecule has 2 atom stereocenters. The molecule has 1 aromatic carbocycles. The topological polar surface area (TPSA) is 86.2 Å². The molecular weight excluding hydrogens is 304 g/mol. The molecule has 1 aliphatic rings. The van der Waals surface area contributed by atoms with E-state index in [4.69, 9.17) is 4.52 Å². The predicted octanol–water partition coefficient (Wildman–Crippen LogP) is 2.49. The van der Waals surface area contributed by atoms with Crippen LogP contribution in [0, 0.1) is 18.3 Å². The number of nitriles is 1. The number of rotatable bonds is 4. The lowest BCUT2D eigenvalue weighted by Crippen LogP contribution is -2.27. The fourth-order valence-electron chi connectivity index (χ4n) is 3.31. The Morgan fingerprint density at radius 1 is 1.42 bits per heavy atom. The van der Waals surface area contributed by atoms with Crippen molar-refractivity contribution in [2.24, 2.45) is 0 Å². The molecule has 2 aromatic rings. The number of β-amino-alcohol motifs (C(OH)–C–C–N with tert-alkyl or cyclic N) is 1. The van der Waals surface area contributed by atoms with Crippen molar-refractivity contribution >= 4 is 0 Å². The van der Waals surface area contributed by atoms with E-state index in [1.54, 1.807) is 6.92 Å². The summed E-state index contributed by atoms with van der Waals surface area (Å²) in [5, 5.41) is 23.4. The summed E-state index contributed by atoms with van der Waals surface area (Å²) in [5.41, 5.74) is 1.53. The van der Waals surface area contributed by atoms with Crippen LogP contribution in [0.2, 0.25) is 0 Å². The van der Waals surface area contributed by atoms with Crippen LogP contribution < -0.4 is 0 Å². The molecule has 24 heavy (non-hydrogen) atoms. The van der Waals surface area contributed by atoms with E-state index in [1.807, 2.05) is 38.1 Å². The average molecular weight is 326 g/mol. The van der Waals surface area contributed by atoms with Crippen molar-refractivity contribution in [1.82, 2.24) is 15.0 Å². The third-order valence-corrected chi connectivity index (χ3v) is 4.55. The van der Waals surface area contributed by atoms with Crippen LogP contribution in [-0.4, -0.2) is 32.8 Å². The second kappa shape index (κ2) is 6.34. The first-order chi connectivity index (χ1) is 11.4. The van der Waals surface area contributed by atoms with Gasteiger partial charge in [0.15, 0.2) is 5.82 Å². The molecule has 0 amide bonds. The Bertz CT molecular complexity index is 762. The van der Waals surface area contributed by atoms with Gasteiger partial charge in [0.1, 0.15) is 0 Å². The van der Waals surface area contributed by atoms with E-state index in [2.05, 4.69) is 21.1 Å². The van der Waals surface area contributed by atoms with E-state index in [-0.39, 0.29) is 6.04 Å². The van der Waals surface area contributed by atoms with E-state index >= 15 is 0 Å². The van der Waals surface area contributed by atoms with Gasteiger partial charge in [-0.2, -0.15) is 10.2 Å². The molecule has 1 aromatic heterocycles. The van der Waals surface area contributed by atoms with Crippen molar-refractivity contribution in [3.8, 4) is 6.07 Å². The fraction of sp³-hybridized carbons (Fsp3) is 0.500. The molecule has 0 aliphatic carbocycles. The Hall–Kier alpha value is -2.23. The van der Waals surface area contributed by atoms with Crippen molar-refractivity contribution in [3.63, 3.8) is 0 Å². The lowest BCUT2D eigenvalue weighted by molar-refractivity contribution is 0.169. The van der Waals surface area contributed by atoms with Crippen LogP contribution in [0.15, 0.2) is 28.8 Å². The number of hydrogen-bond donors (Lipinski definition) is 1. The molecule has 1 fully saturated rings. The number of aryl methyl sites for hydroxylation is 1. The highest BCUT2D eigenvalue weighted by Crippen LogP contribution is 2.34. The van der Waals surface area contributed by atoms with Crippen molar-refractivity contribution in [2.75, 3.05) is 6.54 Å². The molecule has 3 rings (SSSR count). The predicted molar refractivity (Wildman–Crippen MR) is 87.9 cm³/mol. The van der Waals surface area contributed by atoms with Gasteiger partial charge in [-0.05, 0) is 38.3 Å². The van der Waals surface area contributed by atoms with Crippen molar-refractivity contribution in [1.29, 1.82) is 5.26 Å². The Morgan fingerprint density at radius 3 is 2.83 bits per heavy atom. The summed E-state index contributed by atoms with van der Waals surface area (Å²) >= 11 is 0. The fourth-order valence-corrected chi connectivity index (χ4v) is 3.31. The summed E-state index contributed by atoms with van der Waals surface area (Å²) in [4.78, 5) is 6.47. The summed E-state index contributed by atoms with van der Waals surface area (Å²) in [6.07, 6.45) is 0.157. The summed E-state index contributed by atoms with van der Waals surface area (Å²) in [5.74, 6) is 1.14. The standard InChI is InChI=1S/C18H22N4O2/c1-12-20-17(24-21-12)16-8-14(23)10-22(16)9-13-6-4-5-7-15(13)18(2,3)11-19/h4-7,14,16,23H,8-10H2,1-3H3/t14-,16-/m1/s1. The number of aliphatic hydroxyl groups is 1. The van der Waals surface area contributed by atoms with E-state index in [0.717, 1.165) is 11.1 Å². The van der Waals surface area contributed by atoms with Gasteiger partial charge in [0, 0.05) is 13.1 Å². The lowest BCUT2D eigenvalue weighted by Gasteiger charge is -2.26. The minimum Gasteiger partial charge on any atom is -0.392 e. The lowest BCUT2D eigenvalue weighted by atomic mass is 9.83. The first kappa shape index (κ1) is 16.6. The molecule has 126 valence electrons. The summed E-state index contributed by atoms with van der Waals surface area (Å²) in [6, 6.07) is 10.2. The second-order valence-corrected chi connectivity index (χ2v) is 6.91. The monoisotopic (exact) mass is 326 g/mol. The second-order valence-electron chi connectivity index (χ2n) is 6.91. The van der Waals surface area contributed by atoms with Gasteiger partial charge in [0.25, 0.3) is 0 Å². The maximum absolute atomic E-state index is 10.1. The zero-order valence-corrected chi connectivity index (χ0v) is 14.2. The minimum absolute atomic E-state index is 0.0977. The van der Waals surface area contributed by atoms with Crippen molar-refractivity contribution < 1.29 is 9.63 Å². The molecule has 0 saturated carbocycles. The molecule has 1 aliphatic heterocycles. The zero-order valence-electron chi connectivity index (χ0n) is 14.2. The number of aromatic nitrogens is 2. The maximum atomic E-state index is 10.1. The molecule has 0 spiro atoms. The number of benzene rings is 1. The SMILES string of the molecule is Cc1noc([C@H]2C[C@@H](O)CN2Cc2ccccc2C(C)(C)C#N)n1. The third kappa shape index (κ3) is 3.18. The number of likely N-dealkylation sites (tertiary alicyclic amines) is 1. The van der Waals surface area contributed by atoms with Gasteiger partial charge < -0.3 is 9.63 Å². The summed E-state index contributed by atoms with van der Waals surface area (Å²) in [6.45, 7) is 6.80. The number of nitrogens with zero attached hydrogens (tertiary/aromatic N) is 4. The maximum Gasteiger partial charge on any atom is 0.244 e. The third-order valence-electron chi connectivity index (χ3n) is 4.55. The van der Waals surface area contributed by atoms with Gasteiger partial charge >= 0.3 is 0 Å². The molecule has 6 nitrogen and oxygen atoms in total. The molecule has 0 unspecified atom stereocenters. The summed E-state index contributed by atoms with van der Waals surface area (Å²) in [7, 11) is 0. The Labute approximate surface area is 141 Å². The van der Waals surface area contributed by atoms with Crippen LogP contribution in [0.5, 0.6) is 0 Å². The van der Waals surface area contributed by atoms with Crippen LogP contribution in [0.1, 0.15) is 49.2 Å². The average Bonchev–Trinajstić information content (AvgIpc) is 3.13. The quantitative estimate of drug-likeness (QED) is 0.929. The van der Waals surface area contributed by atoms with Crippen LogP contribution >= 0.6 is 0 Å². The highest BCUT2D eigenvalue weighted by Gasteiger charge is 2.36. The minimum atomic E-state index is -0.564. The van der Waals surface area contributed by atoms with E-state index in [1.165, 1.54) is 0 Å². The van der Waals surface area contributed by atoms with Crippen LogP contribution in [0.4, 0.5) is 0 Å². The van der Waals surface area contributed by atoms with Gasteiger partial charge in [-0.25, -0.2) is 0 Å². The van der Waals surface area contributed by atoms with Gasteiger partial charge in [-0.3, -0.25) is 4.90 Å². The van der Waals surface area contributed by atoms with Crippen molar-refractivity contribution in [3.05, 3.63) is 47.1 Å². The molecule has 6 heteroatoms. The molecular formula is C18H22N4O2. The van der Waals surface area contributed by atoms with Gasteiger partial charge in [0.2, 0.25) is 5.89 Å². The largest absolute Gasteiger partial charge is 0.392 e. The van der Waals surface area contributed by atoms with Crippen LogP contribution in [0.3, 0.4) is 0 Å². The van der Waals surface area contributed by atoms with E-state index < -0.39 is 11.5 Å². The van der Waals surface area contributed by atoms with Gasteiger partial charge in [-0.15, -0.1) is 0 Å². The smallest absolute Gasteiger partial charge is 0.244 e. The Kier molecular flexibility index (Phi) is 4.39. The first-order valence-corrected chi connectivity index (χ1v) is 8.12. The Morgan fingerprint density at radius 2 is 2.17 bits per heavy atom. The van der Waals surface area contributed by atoms with Crippen molar-refractivity contribution in [2.45, 2.75) is 51.3 Å². The number of aliphatic hydroxyl groups excluding tert-OH is 1. The molecule has 1 saturated heterocycles. The van der Waals surface area contributed by atoms with E-state index in [0.29, 0.717) is 31.2 Å². The van der Waals surface area contributed by atoms with Gasteiger partial charge in [-0.1, -0.05) is 29.4 Å². The molecule has 1 N–H and O–H groups in total.